The van der Waals surface area contributed by atoms with Crippen molar-refractivity contribution in [3.63, 3.8) is 0 Å². The molecule has 45 heavy (non-hydrogen) atoms. The fourth-order valence-corrected chi connectivity index (χ4v) is 7.29. The van der Waals surface area contributed by atoms with E-state index in [9.17, 15) is 21.6 Å². The molecule has 1 aliphatic heterocycles. The molecule has 1 aliphatic rings. The monoisotopic (exact) mass is 655 g/mol. The van der Waals surface area contributed by atoms with Gasteiger partial charge in [-0.05, 0) is 68.3 Å². The number of anilines is 1. The average molecular weight is 656 g/mol. The fourth-order valence-electron chi connectivity index (χ4n) is 5.20. The summed E-state index contributed by atoms with van der Waals surface area (Å²) in [4.78, 5) is 23.8. The van der Waals surface area contributed by atoms with Gasteiger partial charge in [-0.2, -0.15) is 0 Å². The molecule has 4 heterocycles. The predicted molar refractivity (Wildman–Crippen MR) is 171 cm³/mol. The fraction of sp³-hybridized carbons (Fsp3) is 0.387. The van der Waals surface area contributed by atoms with Crippen LogP contribution in [0.2, 0.25) is 0 Å². The summed E-state index contributed by atoms with van der Waals surface area (Å²) in [6, 6.07) is 16.4. The zero-order valence-corrected chi connectivity index (χ0v) is 27.5. The Balaban J connectivity index is 1.69. The van der Waals surface area contributed by atoms with Crippen molar-refractivity contribution in [2.75, 3.05) is 38.0 Å². The van der Waals surface area contributed by atoms with Crippen LogP contribution in [0, 0.1) is 0 Å². The summed E-state index contributed by atoms with van der Waals surface area (Å²) < 4.78 is 64.3. The summed E-state index contributed by atoms with van der Waals surface area (Å²) in [5.74, 6) is 0.611. The average Bonchev–Trinajstić information content (AvgIpc) is 3.41. The highest BCUT2D eigenvalue weighted by Gasteiger charge is 2.35. The van der Waals surface area contributed by atoms with E-state index in [4.69, 9.17) is 19.4 Å². The third-order valence-corrected chi connectivity index (χ3v) is 12.1. The van der Waals surface area contributed by atoms with Crippen LogP contribution in [0.25, 0.3) is 22.4 Å². The first-order chi connectivity index (χ1) is 21.3. The highest BCUT2D eigenvalue weighted by molar-refractivity contribution is 7.91. The number of ether oxygens (including phenoxy) is 2. The van der Waals surface area contributed by atoms with E-state index in [2.05, 4.69) is 17.1 Å². The summed E-state index contributed by atoms with van der Waals surface area (Å²) in [6.07, 6.45) is 1.30. The first-order valence-corrected chi connectivity index (χ1v) is 17.8. The van der Waals surface area contributed by atoms with Crippen molar-refractivity contribution < 1.29 is 31.1 Å². The van der Waals surface area contributed by atoms with Gasteiger partial charge in [0.1, 0.15) is 12.4 Å². The van der Waals surface area contributed by atoms with Gasteiger partial charge in [-0.15, -0.1) is 0 Å². The second-order valence-corrected chi connectivity index (χ2v) is 15.7. The Bertz CT molecular complexity index is 1940. The molecular formula is C31H37N5O7S2. The molecule has 1 aromatic carbocycles. The van der Waals surface area contributed by atoms with E-state index in [1.807, 2.05) is 6.07 Å². The number of amides is 1. The van der Waals surface area contributed by atoms with E-state index < -0.39 is 30.7 Å². The molecule has 0 unspecified atom stereocenters. The zero-order chi connectivity index (χ0) is 32.6. The molecule has 1 N–H and O–H groups in total. The molecule has 0 aliphatic carbocycles. The molecular weight excluding hydrogens is 619 g/mol. The van der Waals surface area contributed by atoms with Crippen LogP contribution in [0.4, 0.5) is 10.6 Å². The number of carbonyl (C=O) groups excluding carboxylic acids is 1. The minimum Gasteiger partial charge on any atom is -0.443 e. The lowest BCUT2D eigenvalue weighted by atomic mass is 10.0. The minimum absolute atomic E-state index is 0.0609. The van der Waals surface area contributed by atoms with Crippen molar-refractivity contribution in [3.8, 4) is 11.4 Å². The maximum atomic E-state index is 13.8. The topological polar surface area (TPSA) is 150 Å². The van der Waals surface area contributed by atoms with Crippen LogP contribution in [0.1, 0.15) is 38.4 Å². The van der Waals surface area contributed by atoms with E-state index in [0.29, 0.717) is 48.0 Å². The Morgan fingerprint density at radius 2 is 1.78 bits per heavy atom. The second kappa shape index (κ2) is 12.4. The normalized spacial score (nSPS) is 16.1. The van der Waals surface area contributed by atoms with Crippen LogP contribution in [0.15, 0.2) is 65.6 Å². The number of benzene rings is 1. The number of pyridine rings is 2. The molecule has 1 saturated heterocycles. The standard InChI is InChI=1S/C31H37N5O7S2/c1-6-22-19-42-15-14-35(22)29-17-21(31(2,3)44(5,38)39)16-26(34-29)25-12-13-28-27(33-25)18-23(20-43-30(37)32-4)36(28)45(40,41)24-10-8-7-9-11-24/h7-13,16-18,22H,6,14-15,19-20H2,1-5H3,(H,32,37)/t22-/m0/s1. The van der Waals surface area contributed by atoms with Crippen molar-refractivity contribution >= 4 is 42.8 Å². The Labute approximate surface area is 263 Å². The van der Waals surface area contributed by atoms with E-state index in [1.54, 1.807) is 56.3 Å². The van der Waals surface area contributed by atoms with Gasteiger partial charge in [0.25, 0.3) is 10.0 Å². The Morgan fingerprint density at radius 1 is 1.04 bits per heavy atom. The Hall–Kier alpha value is -4.01. The van der Waals surface area contributed by atoms with Crippen LogP contribution < -0.4 is 10.2 Å². The number of nitrogens with one attached hydrogen (secondary N) is 1. The number of aromatic nitrogens is 3. The van der Waals surface area contributed by atoms with Crippen molar-refractivity contribution in [2.24, 2.45) is 0 Å². The third-order valence-electron chi connectivity index (χ3n) is 8.21. The minimum atomic E-state index is -4.09. The predicted octanol–water partition coefficient (Wildman–Crippen LogP) is 4.09. The molecule has 14 heteroatoms. The zero-order valence-electron chi connectivity index (χ0n) is 25.8. The van der Waals surface area contributed by atoms with Crippen LogP contribution in [0.5, 0.6) is 0 Å². The van der Waals surface area contributed by atoms with Crippen molar-refractivity contribution in [3.05, 3.63) is 71.9 Å². The van der Waals surface area contributed by atoms with Gasteiger partial charge < -0.3 is 19.7 Å². The van der Waals surface area contributed by atoms with Gasteiger partial charge >= 0.3 is 6.09 Å². The first kappa shape index (κ1) is 32.4. The highest BCUT2D eigenvalue weighted by Crippen LogP contribution is 2.35. The van der Waals surface area contributed by atoms with Gasteiger partial charge in [-0.1, -0.05) is 25.1 Å². The number of alkyl carbamates (subject to hydrolysis) is 1. The van der Waals surface area contributed by atoms with Crippen LogP contribution >= 0.6 is 0 Å². The lowest BCUT2D eigenvalue weighted by molar-refractivity contribution is 0.0925. The number of morpholine rings is 1. The summed E-state index contributed by atoms with van der Waals surface area (Å²) >= 11 is 0. The van der Waals surface area contributed by atoms with E-state index >= 15 is 0 Å². The number of hydrogen-bond donors (Lipinski definition) is 1. The first-order valence-electron chi connectivity index (χ1n) is 14.5. The number of nitrogens with zero attached hydrogens (tertiary/aromatic N) is 4. The highest BCUT2D eigenvalue weighted by atomic mass is 32.2. The Kier molecular flexibility index (Phi) is 8.93. The molecule has 240 valence electrons. The lowest BCUT2D eigenvalue weighted by Gasteiger charge is -2.37. The molecule has 5 rings (SSSR count). The SMILES string of the molecule is CC[C@H]1COCCN1c1cc(C(C)(C)S(C)(=O)=O)cc(-c2ccc3c(cc(COC(=O)NC)n3S(=O)(=O)c3ccccc3)n2)n1. The van der Waals surface area contributed by atoms with Crippen molar-refractivity contribution in [2.45, 2.75) is 49.5 Å². The number of sulfone groups is 1. The number of fused-ring (bicyclic) bond motifs is 1. The van der Waals surface area contributed by atoms with E-state index in [1.165, 1.54) is 25.4 Å². The van der Waals surface area contributed by atoms with Crippen molar-refractivity contribution in [1.29, 1.82) is 0 Å². The molecule has 3 aromatic heterocycles. The molecule has 1 fully saturated rings. The van der Waals surface area contributed by atoms with E-state index in [0.717, 1.165) is 10.4 Å². The summed E-state index contributed by atoms with van der Waals surface area (Å²) in [7, 11) is -6.21. The van der Waals surface area contributed by atoms with Gasteiger partial charge in [0, 0.05) is 19.8 Å². The number of rotatable bonds is 9. The largest absolute Gasteiger partial charge is 0.443 e. The molecule has 0 spiro atoms. The van der Waals surface area contributed by atoms with Gasteiger partial charge in [0.05, 0.1) is 57.0 Å². The number of carbonyl (C=O) groups is 1. The van der Waals surface area contributed by atoms with Crippen molar-refractivity contribution in [1.82, 2.24) is 19.3 Å². The van der Waals surface area contributed by atoms with E-state index in [-0.39, 0.29) is 28.8 Å². The summed E-state index contributed by atoms with van der Waals surface area (Å²) in [5.41, 5.74) is 2.22. The maximum Gasteiger partial charge on any atom is 0.407 e. The smallest absolute Gasteiger partial charge is 0.407 e. The molecule has 0 radical (unpaired) electrons. The van der Waals surface area contributed by atoms with Crippen LogP contribution in [0.3, 0.4) is 0 Å². The van der Waals surface area contributed by atoms with Gasteiger partial charge in [0.15, 0.2) is 9.84 Å². The van der Waals surface area contributed by atoms with Gasteiger partial charge in [0.2, 0.25) is 0 Å². The number of hydrogen-bond acceptors (Lipinski definition) is 10. The molecule has 0 saturated carbocycles. The van der Waals surface area contributed by atoms with Gasteiger partial charge in [-0.3, -0.25) is 0 Å². The van der Waals surface area contributed by atoms with Crippen LogP contribution in [-0.2, 0) is 40.7 Å². The second-order valence-electron chi connectivity index (χ2n) is 11.4. The van der Waals surface area contributed by atoms with Gasteiger partial charge in [-0.25, -0.2) is 35.6 Å². The third kappa shape index (κ3) is 6.26. The molecule has 1 atom stereocenters. The van der Waals surface area contributed by atoms with Crippen LogP contribution in [-0.4, -0.2) is 76.0 Å². The summed E-state index contributed by atoms with van der Waals surface area (Å²) in [5, 5.41) is 2.36. The quantitative estimate of drug-likeness (QED) is 0.279. The molecule has 12 nitrogen and oxygen atoms in total. The summed E-state index contributed by atoms with van der Waals surface area (Å²) in [6.45, 7) is 6.69. The molecule has 1 amide bonds. The molecule has 0 bridgehead atoms. The lowest BCUT2D eigenvalue weighted by Crippen LogP contribution is -2.45. The maximum absolute atomic E-state index is 13.8. The molecule has 4 aromatic rings. The Morgan fingerprint density at radius 3 is 2.44 bits per heavy atom.